The van der Waals surface area contributed by atoms with Crippen molar-refractivity contribution in [1.29, 1.82) is 0 Å². The molecule has 5 heteroatoms. The smallest absolute Gasteiger partial charge is 0.311 e. The molecule has 0 aromatic heterocycles. The van der Waals surface area contributed by atoms with Crippen molar-refractivity contribution in [2.24, 2.45) is 0 Å². The molecule has 1 unspecified atom stereocenters. The average Bonchev–Trinajstić information content (AvgIpc) is 2.38. The molecule has 0 radical (unpaired) electrons. The Labute approximate surface area is 106 Å². The van der Waals surface area contributed by atoms with Gasteiger partial charge in [-0.15, -0.1) is 0 Å². The van der Waals surface area contributed by atoms with E-state index in [1.54, 1.807) is 12.1 Å². The number of methoxy groups -OCH3 is 3. The molecule has 1 aromatic carbocycles. The number of carboxylic acids is 1. The van der Waals surface area contributed by atoms with Crippen LogP contribution in [0.1, 0.15) is 24.8 Å². The summed E-state index contributed by atoms with van der Waals surface area (Å²) >= 11 is 0. The van der Waals surface area contributed by atoms with Crippen LogP contribution in [-0.2, 0) is 4.79 Å². The van der Waals surface area contributed by atoms with Crippen molar-refractivity contribution in [3.8, 4) is 17.2 Å². The van der Waals surface area contributed by atoms with Crippen LogP contribution in [0.5, 0.6) is 17.2 Å². The van der Waals surface area contributed by atoms with Crippen LogP contribution in [0.25, 0.3) is 0 Å². The molecule has 5 nitrogen and oxygen atoms in total. The number of carbonyl (C=O) groups is 1. The second-order valence-electron chi connectivity index (χ2n) is 3.75. The van der Waals surface area contributed by atoms with E-state index in [4.69, 9.17) is 14.2 Å². The minimum atomic E-state index is -0.886. The van der Waals surface area contributed by atoms with E-state index in [1.807, 2.05) is 6.92 Å². The second-order valence-corrected chi connectivity index (χ2v) is 3.75. The fourth-order valence-corrected chi connectivity index (χ4v) is 1.85. The van der Waals surface area contributed by atoms with Gasteiger partial charge in [-0.1, -0.05) is 6.92 Å². The zero-order valence-electron chi connectivity index (χ0n) is 11.0. The van der Waals surface area contributed by atoms with Gasteiger partial charge in [-0.3, -0.25) is 4.79 Å². The summed E-state index contributed by atoms with van der Waals surface area (Å²) < 4.78 is 15.6. The normalized spacial score (nSPS) is 11.8. The maximum Gasteiger partial charge on any atom is 0.311 e. The number of benzene rings is 1. The standard InChI is InChI=1S/C13H18O5/c1-5-8(13(14)15)9-6-11(17-3)12(18-4)7-10(9)16-2/h6-8H,5H2,1-4H3,(H,14,15). The molecule has 0 amide bonds. The SMILES string of the molecule is CCC(C(=O)O)c1cc(OC)c(OC)cc1OC. The van der Waals surface area contributed by atoms with Crippen LogP contribution in [0.15, 0.2) is 12.1 Å². The summed E-state index contributed by atoms with van der Waals surface area (Å²) in [4.78, 5) is 11.2. The Bertz CT molecular complexity index is 428. The average molecular weight is 254 g/mol. The van der Waals surface area contributed by atoms with Crippen LogP contribution in [0.2, 0.25) is 0 Å². The molecule has 0 saturated carbocycles. The van der Waals surface area contributed by atoms with Gasteiger partial charge in [0, 0.05) is 11.6 Å². The van der Waals surface area contributed by atoms with Gasteiger partial charge in [0.05, 0.1) is 27.2 Å². The molecule has 0 aliphatic heterocycles. The third-order valence-electron chi connectivity index (χ3n) is 2.82. The number of rotatable bonds is 6. The van der Waals surface area contributed by atoms with Gasteiger partial charge in [0.2, 0.25) is 0 Å². The molecule has 0 aliphatic carbocycles. The molecule has 0 heterocycles. The van der Waals surface area contributed by atoms with Crippen molar-refractivity contribution in [2.45, 2.75) is 19.3 Å². The highest BCUT2D eigenvalue weighted by Gasteiger charge is 2.24. The fourth-order valence-electron chi connectivity index (χ4n) is 1.85. The summed E-state index contributed by atoms with van der Waals surface area (Å²) in [5.74, 6) is -0.0176. The summed E-state index contributed by atoms with van der Waals surface area (Å²) in [5.41, 5.74) is 0.588. The molecular formula is C13H18O5. The predicted molar refractivity (Wildman–Crippen MR) is 66.8 cm³/mol. The zero-order chi connectivity index (χ0) is 13.7. The van der Waals surface area contributed by atoms with Crippen LogP contribution in [-0.4, -0.2) is 32.4 Å². The Morgan fingerprint density at radius 1 is 1.11 bits per heavy atom. The summed E-state index contributed by atoms with van der Waals surface area (Å²) in [6.45, 7) is 1.81. The van der Waals surface area contributed by atoms with Crippen molar-refractivity contribution in [3.05, 3.63) is 17.7 Å². The third kappa shape index (κ3) is 2.67. The van der Waals surface area contributed by atoms with Crippen LogP contribution in [0, 0.1) is 0 Å². The fraction of sp³-hybridized carbons (Fsp3) is 0.462. The largest absolute Gasteiger partial charge is 0.496 e. The first kappa shape index (κ1) is 14.2. The lowest BCUT2D eigenvalue weighted by molar-refractivity contribution is -0.138. The van der Waals surface area contributed by atoms with E-state index in [0.717, 1.165) is 0 Å². The zero-order valence-corrected chi connectivity index (χ0v) is 11.0. The van der Waals surface area contributed by atoms with E-state index in [0.29, 0.717) is 29.2 Å². The van der Waals surface area contributed by atoms with Crippen LogP contribution in [0.3, 0.4) is 0 Å². The van der Waals surface area contributed by atoms with Gasteiger partial charge in [0.25, 0.3) is 0 Å². The number of carboxylic acid groups (broad SMARTS) is 1. The predicted octanol–water partition coefficient (Wildman–Crippen LogP) is 2.29. The van der Waals surface area contributed by atoms with Crippen molar-refractivity contribution in [3.63, 3.8) is 0 Å². The minimum Gasteiger partial charge on any atom is -0.496 e. The van der Waals surface area contributed by atoms with Gasteiger partial charge < -0.3 is 19.3 Å². The molecule has 0 fully saturated rings. The monoisotopic (exact) mass is 254 g/mol. The van der Waals surface area contributed by atoms with E-state index in [9.17, 15) is 9.90 Å². The highest BCUT2D eigenvalue weighted by atomic mass is 16.5. The molecule has 0 bridgehead atoms. The Kier molecular flexibility index (Phi) is 4.83. The maximum atomic E-state index is 11.2. The summed E-state index contributed by atoms with van der Waals surface area (Å²) in [5, 5.41) is 9.21. The summed E-state index contributed by atoms with van der Waals surface area (Å²) in [6.07, 6.45) is 0.473. The Morgan fingerprint density at radius 2 is 1.61 bits per heavy atom. The lowest BCUT2D eigenvalue weighted by atomic mass is 9.95. The molecule has 18 heavy (non-hydrogen) atoms. The molecule has 1 atom stereocenters. The third-order valence-corrected chi connectivity index (χ3v) is 2.82. The Balaban J connectivity index is 3.36. The topological polar surface area (TPSA) is 65.0 Å². The van der Waals surface area contributed by atoms with Crippen molar-refractivity contribution in [2.75, 3.05) is 21.3 Å². The van der Waals surface area contributed by atoms with Crippen LogP contribution >= 0.6 is 0 Å². The number of hydrogen-bond donors (Lipinski definition) is 1. The van der Waals surface area contributed by atoms with Crippen LogP contribution < -0.4 is 14.2 Å². The van der Waals surface area contributed by atoms with E-state index < -0.39 is 11.9 Å². The van der Waals surface area contributed by atoms with E-state index in [1.165, 1.54) is 21.3 Å². The Hall–Kier alpha value is -1.91. The molecule has 100 valence electrons. The number of ether oxygens (including phenoxy) is 3. The Morgan fingerprint density at radius 3 is 2.00 bits per heavy atom. The number of aliphatic carboxylic acids is 1. The van der Waals surface area contributed by atoms with Gasteiger partial charge in [-0.2, -0.15) is 0 Å². The molecule has 1 N–H and O–H groups in total. The molecule has 0 saturated heterocycles. The van der Waals surface area contributed by atoms with Gasteiger partial charge >= 0.3 is 5.97 Å². The first-order valence-corrected chi connectivity index (χ1v) is 5.61. The van der Waals surface area contributed by atoms with Gasteiger partial charge in [0.1, 0.15) is 5.75 Å². The van der Waals surface area contributed by atoms with E-state index >= 15 is 0 Å². The van der Waals surface area contributed by atoms with E-state index in [2.05, 4.69) is 0 Å². The minimum absolute atomic E-state index is 0.473. The molecule has 1 rings (SSSR count). The highest BCUT2D eigenvalue weighted by Crippen LogP contribution is 2.39. The first-order chi connectivity index (χ1) is 8.58. The van der Waals surface area contributed by atoms with E-state index in [-0.39, 0.29) is 0 Å². The van der Waals surface area contributed by atoms with Gasteiger partial charge in [-0.25, -0.2) is 0 Å². The summed E-state index contributed by atoms with van der Waals surface area (Å²) in [6, 6.07) is 3.29. The lowest BCUT2D eigenvalue weighted by Gasteiger charge is -2.17. The summed E-state index contributed by atoms with van der Waals surface area (Å²) in [7, 11) is 4.53. The van der Waals surface area contributed by atoms with Crippen molar-refractivity contribution in [1.82, 2.24) is 0 Å². The molecule has 0 spiro atoms. The second kappa shape index (κ2) is 6.14. The lowest BCUT2D eigenvalue weighted by Crippen LogP contribution is -2.12. The highest BCUT2D eigenvalue weighted by molar-refractivity contribution is 5.78. The molecule has 1 aromatic rings. The van der Waals surface area contributed by atoms with Gasteiger partial charge in [0.15, 0.2) is 11.5 Å². The molecular weight excluding hydrogens is 236 g/mol. The van der Waals surface area contributed by atoms with Crippen molar-refractivity contribution < 1.29 is 24.1 Å². The number of hydrogen-bond acceptors (Lipinski definition) is 4. The van der Waals surface area contributed by atoms with Gasteiger partial charge in [-0.05, 0) is 12.5 Å². The molecule has 0 aliphatic rings. The van der Waals surface area contributed by atoms with Crippen LogP contribution in [0.4, 0.5) is 0 Å². The quantitative estimate of drug-likeness (QED) is 0.843. The maximum absolute atomic E-state index is 11.2. The first-order valence-electron chi connectivity index (χ1n) is 5.61. The van der Waals surface area contributed by atoms with Crippen molar-refractivity contribution >= 4 is 5.97 Å².